The number of benzene rings is 2. The highest BCUT2D eigenvalue weighted by Gasteiger charge is 2.11. The minimum absolute atomic E-state index is 0.354. The van der Waals surface area contributed by atoms with Crippen LogP contribution in [0.5, 0.6) is 0 Å². The lowest BCUT2D eigenvalue weighted by Crippen LogP contribution is -2.08. The van der Waals surface area contributed by atoms with Gasteiger partial charge < -0.3 is 10.2 Å². The maximum Gasteiger partial charge on any atom is 0.228 e. The number of rotatable bonds is 2. The fourth-order valence-corrected chi connectivity index (χ4v) is 2.41. The molecule has 2 N–H and O–H groups in total. The number of nitrogens with zero attached hydrogens (tertiary/aromatic N) is 1. The largest absolute Gasteiger partial charge is 0.436 e. The SMILES string of the molecule is NC(=S)c1ccc2oc(-c3ccccc3Br)nc2c1. The third-order valence-corrected chi connectivity index (χ3v) is 3.70. The van der Waals surface area contributed by atoms with E-state index in [0.29, 0.717) is 16.5 Å². The van der Waals surface area contributed by atoms with E-state index in [4.69, 9.17) is 22.4 Å². The highest BCUT2D eigenvalue weighted by atomic mass is 79.9. The molecule has 0 saturated carbocycles. The van der Waals surface area contributed by atoms with Crippen molar-refractivity contribution in [3.63, 3.8) is 0 Å². The normalized spacial score (nSPS) is 10.8. The summed E-state index contributed by atoms with van der Waals surface area (Å²) in [6.45, 7) is 0. The summed E-state index contributed by atoms with van der Waals surface area (Å²) in [5.74, 6) is 0.572. The van der Waals surface area contributed by atoms with E-state index in [1.807, 2.05) is 42.5 Å². The zero-order chi connectivity index (χ0) is 13.4. The Morgan fingerprint density at radius 1 is 1.21 bits per heavy atom. The first-order valence-electron chi connectivity index (χ1n) is 5.60. The zero-order valence-electron chi connectivity index (χ0n) is 9.76. The molecule has 0 radical (unpaired) electrons. The third kappa shape index (κ3) is 2.27. The minimum atomic E-state index is 0.354. The van der Waals surface area contributed by atoms with Crippen molar-refractivity contribution in [2.75, 3.05) is 0 Å². The third-order valence-electron chi connectivity index (χ3n) is 2.78. The Hall–Kier alpha value is -1.72. The number of halogens is 1. The zero-order valence-corrected chi connectivity index (χ0v) is 12.2. The lowest BCUT2D eigenvalue weighted by Gasteiger charge is -1.97. The summed E-state index contributed by atoms with van der Waals surface area (Å²) >= 11 is 8.45. The summed E-state index contributed by atoms with van der Waals surface area (Å²) in [6, 6.07) is 13.3. The Morgan fingerprint density at radius 3 is 2.74 bits per heavy atom. The summed E-state index contributed by atoms with van der Waals surface area (Å²) in [6.07, 6.45) is 0. The van der Waals surface area contributed by atoms with E-state index in [1.54, 1.807) is 0 Å². The quantitative estimate of drug-likeness (QED) is 0.723. The van der Waals surface area contributed by atoms with Crippen molar-refractivity contribution in [2.45, 2.75) is 0 Å². The molecule has 3 rings (SSSR count). The molecule has 2 aromatic carbocycles. The van der Waals surface area contributed by atoms with E-state index >= 15 is 0 Å². The van der Waals surface area contributed by atoms with Gasteiger partial charge in [0.15, 0.2) is 5.58 Å². The maximum atomic E-state index is 5.74. The van der Waals surface area contributed by atoms with Gasteiger partial charge in [-0.1, -0.05) is 24.4 Å². The van der Waals surface area contributed by atoms with Crippen LogP contribution in [0.25, 0.3) is 22.6 Å². The number of hydrogen-bond acceptors (Lipinski definition) is 3. The van der Waals surface area contributed by atoms with E-state index in [9.17, 15) is 0 Å². The van der Waals surface area contributed by atoms with Gasteiger partial charge in [0.25, 0.3) is 0 Å². The van der Waals surface area contributed by atoms with E-state index in [0.717, 1.165) is 21.1 Å². The van der Waals surface area contributed by atoms with Gasteiger partial charge in [-0.3, -0.25) is 0 Å². The standard InChI is InChI=1S/C14H9BrN2OS/c15-10-4-2-1-3-9(10)14-17-11-7-8(13(16)19)5-6-12(11)18-14/h1-7H,(H2,16,19). The van der Waals surface area contributed by atoms with Gasteiger partial charge >= 0.3 is 0 Å². The molecule has 0 unspecified atom stereocenters. The van der Waals surface area contributed by atoms with E-state index < -0.39 is 0 Å². The molecule has 0 amide bonds. The van der Waals surface area contributed by atoms with Crippen LogP contribution >= 0.6 is 28.1 Å². The Labute approximate surface area is 123 Å². The van der Waals surface area contributed by atoms with Crippen molar-refractivity contribution in [3.05, 3.63) is 52.5 Å². The summed E-state index contributed by atoms with van der Waals surface area (Å²) in [5.41, 5.74) is 8.77. The monoisotopic (exact) mass is 332 g/mol. The van der Waals surface area contributed by atoms with Crippen LogP contribution in [0.2, 0.25) is 0 Å². The predicted octanol–water partition coefficient (Wildman–Crippen LogP) is 3.89. The van der Waals surface area contributed by atoms with Crippen molar-refractivity contribution in [2.24, 2.45) is 5.73 Å². The number of nitrogens with two attached hydrogens (primary N) is 1. The highest BCUT2D eigenvalue weighted by molar-refractivity contribution is 9.10. The number of oxazole rings is 1. The average Bonchev–Trinajstić information content (AvgIpc) is 2.81. The van der Waals surface area contributed by atoms with Crippen molar-refractivity contribution >= 4 is 44.2 Å². The summed E-state index contributed by atoms with van der Waals surface area (Å²) in [7, 11) is 0. The number of fused-ring (bicyclic) bond motifs is 1. The maximum absolute atomic E-state index is 5.74. The second-order valence-corrected chi connectivity index (χ2v) is 5.34. The molecule has 0 aliphatic heterocycles. The molecule has 5 heteroatoms. The van der Waals surface area contributed by atoms with Crippen molar-refractivity contribution in [3.8, 4) is 11.5 Å². The summed E-state index contributed by atoms with van der Waals surface area (Å²) in [4.78, 5) is 4.83. The molecule has 3 nitrogen and oxygen atoms in total. The van der Waals surface area contributed by atoms with Gasteiger partial charge in [0.05, 0.1) is 5.56 Å². The first-order valence-corrected chi connectivity index (χ1v) is 6.80. The van der Waals surface area contributed by atoms with Gasteiger partial charge in [-0.25, -0.2) is 4.98 Å². The van der Waals surface area contributed by atoms with Crippen LogP contribution in [0.15, 0.2) is 51.4 Å². The fourth-order valence-electron chi connectivity index (χ4n) is 1.83. The summed E-state index contributed by atoms with van der Waals surface area (Å²) in [5, 5.41) is 0. The van der Waals surface area contributed by atoms with Gasteiger partial charge in [-0.15, -0.1) is 0 Å². The number of aromatic nitrogens is 1. The van der Waals surface area contributed by atoms with Gasteiger partial charge in [0.1, 0.15) is 10.5 Å². The minimum Gasteiger partial charge on any atom is -0.436 e. The molecule has 0 saturated heterocycles. The van der Waals surface area contributed by atoms with Gasteiger partial charge in [0, 0.05) is 10.0 Å². The van der Waals surface area contributed by atoms with E-state index in [2.05, 4.69) is 20.9 Å². The molecule has 0 atom stereocenters. The first-order chi connectivity index (χ1) is 9.15. The number of hydrogen-bond donors (Lipinski definition) is 1. The van der Waals surface area contributed by atoms with Crippen LogP contribution in [0.3, 0.4) is 0 Å². The van der Waals surface area contributed by atoms with E-state index in [-0.39, 0.29) is 0 Å². The Morgan fingerprint density at radius 2 is 2.00 bits per heavy atom. The molecule has 0 aliphatic rings. The second-order valence-electron chi connectivity index (χ2n) is 4.05. The molecule has 0 aliphatic carbocycles. The lowest BCUT2D eigenvalue weighted by molar-refractivity contribution is 0.619. The molecule has 94 valence electrons. The van der Waals surface area contributed by atoms with Crippen LogP contribution in [0.4, 0.5) is 0 Å². The summed E-state index contributed by atoms with van der Waals surface area (Å²) < 4.78 is 6.69. The van der Waals surface area contributed by atoms with Crippen LogP contribution in [-0.4, -0.2) is 9.97 Å². The predicted molar refractivity (Wildman–Crippen MR) is 83.0 cm³/mol. The molecule has 1 heterocycles. The smallest absolute Gasteiger partial charge is 0.228 e. The molecule has 1 aromatic heterocycles. The Bertz CT molecular complexity index is 782. The average molecular weight is 333 g/mol. The van der Waals surface area contributed by atoms with Crippen molar-refractivity contribution in [1.82, 2.24) is 4.98 Å². The Balaban J connectivity index is 2.17. The van der Waals surface area contributed by atoms with Crippen LogP contribution in [-0.2, 0) is 0 Å². The van der Waals surface area contributed by atoms with Gasteiger partial charge in [-0.05, 0) is 46.3 Å². The molecule has 0 bridgehead atoms. The molecule has 19 heavy (non-hydrogen) atoms. The van der Waals surface area contributed by atoms with Crippen molar-refractivity contribution in [1.29, 1.82) is 0 Å². The topological polar surface area (TPSA) is 52.0 Å². The van der Waals surface area contributed by atoms with Crippen LogP contribution in [0.1, 0.15) is 5.56 Å². The van der Waals surface area contributed by atoms with E-state index in [1.165, 1.54) is 0 Å². The fraction of sp³-hybridized carbons (Fsp3) is 0. The van der Waals surface area contributed by atoms with Gasteiger partial charge in [-0.2, -0.15) is 0 Å². The lowest BCUT2D eigenvalue weighted by atomic mass is 10.2. The van der Waals surface area contributed by atoms with Crippen LogP contribution in [0, 0.1) is 0 Å². The van der Waals surface area contributed by atoms with Crippen molar-refractivity contribution < 1.29 is 4.42 Å². The van der Waals surface area contributed by atoms with Crippen LogP contribution < -0.4 is 5.73 Å². The Kier molecular flexibility index (Phi) is 3.08. The second kappa shape index (κ2) is 4.75. The molecular weight excluding hydrogens is 324 g/mol. The first kappa shape index (κ1) is 12.3. The molecule has 0 fully saturated rings. The number of thiocarbonyl (C=S) groups is 1. The van der Waals surface area contributed by atoms with Gasteiger partial charge in [0.2, 0.25) is 5.89 Å². The molecule has 3 aromatic rings. The highest BCUT2D eigenvalue weighted by Crippen LogP contribution is 2.30. The molecule has 0 spiro atoms. The molecular formula is C14H9BrN2OS.